The largest absolute Gasteiger partial charge is 0.465 e. The van der Waals surface area contributed by atoms with Crippen molar-refractivity contribution < 1.29 is 38.5 Å². The molecule has 0 radical (unpaired) electrons. The maximum absolute atomic E-state index is 13.9. The molecule has 6 aromatic rings. The van der Waals surface area contributed by atoms with Crippen LogP contribution in [0.4, 0.5) is 0 Å². The summed E-state index contributed by atoms with van der Waals surface area (Å²) in [5.74, 6) is -2.86. The fourth-order valence-corrected chi connectivity index (χ4v) is 7.40. The van der Waals surface area contributed by atoms with Gasteiger partial charge in [-0.1, -0.05) is 116 Å². The number of aliphatic hydroxyl groups is 1. The van der Waals surface area contributed by atoms with Crippen molar-refractivity contribution in [2.75, 3.05) is 26.4 Å². The fourth-order valence-electron chi connectivity index (χ4n) is 7.40. The average Bonchev–Trinajstić information content (AvgIpc) is 3.23. The summed E-state index contributed by atoms with van der Waals surface area (Å²) >= 11 is 0. The Morgan fingerprint density at radius 1 is 0.702 bits per heavy atom. The van der Waals surface area contributed by atoms with E-state index in [1.807, 2.05) is 79.7 Å². The van der Waals surface area contributed by atoms with Gasteiger partial charge in [-0.3, -0.25) is 14.4 Å². The Bertz CT molecular complexity index is 2260. The van der Waals surface area contributed by atoms with Gasteiger partial charge in [0.1, 0.15) is 13.2 Å². The van der Waals surface area contributed by atoms with E-state index in [0.29, 0.717) is 12.8 Å². The first-order chi connectivity index (χ1) is 27.7. The minimum atomic E-state index is -1.04. The molecule has 0 saturated carbocycles. The fraction of sp³-hybridized carbons (Fsp3) is 0.333. The molecule has 0 heterocycles. The van der Waals surface area contributed by atoms with Gasteiger partial charge < -0.3 is 24.2 Å². The third-order valence-corrected chi connectivity index (χ3v) is 10.8. The molecule has 0 amide bonds. The zero-order valence-electron chi connectivity index (χ0n) is 32.9. The smallest absolute Gasteiger partial charge is 0.312 e. The molecule has 3 unspecified atom stereocenters. The third-order valence-electron chi connectivity index (χ3n) is 10.8. The SMILES string of the molecule is CCC(C)(CC(CC(C)C(=O)OCCCON=Cc1c2ccccc2cc2ccccc12)C(=O)OCCCO)C(=O)OCc1c2ccccc2cc2ccccc12. The lowest BCUT2D eigenvalue weighted by atomic mass is 9.76. The Morgan fingerprint density at radius 2 is 1.21 bits per heavy atom. The van der Waals surface area contributed by atoms with E-state index in [2.05, 4.69) is 41.6 Å². The van der Waals surface area contributed by atoms with E-state index in [1.54, 1.807) is 20.1 Å². The van der Waals surface area contributed by atoms with Gasteiger partial charge >= 0.3 is 17.9 Å². The number of esters is 3. The van der Waals surface area contributed by atoms with Gasteiger partial charge in [0.25, 0.3) is 0 Å². The first-order valence-corrected chi connectivity index (χ1v) is 19.8. The van der Waals surface area contributed by atoms with Crippen molar-refractivity contribution in [1.82, 2.24) is 0 Å². The Morgan fingerprint density at radius 3 is 1.77 bits per heavy atom. The van der Waals surface area contributed by atoms with Crippen LogP contribution in [-0.4, -0.2) is 55.7 Å². The van der Waals surface area contributed by atoms with Crippen molar-refractivity contribution in [1.29, 1.82) is 0 Å². The molecule has 0 aliphatic carbocycles. The number of rotatable bonds is 19. The second-order valence-corrected chi connectivity index (χ2v) is 14.9. The van der Waals surface area contributed by atoms with Crippen LogP contribution in [-0.2, 0) is 40.0 Å². The molecule has 0 aliphatic rings. The molecule has 0 aliphatic heterocycles. The minimum absolute atomic E-state index is 0.0330. The lowest BCUT2D eigenvalue weighted by Gasteiger charge is -2.30. The van der Waals surface area contributed by atoms with Gasteiger partial charge in [-0.05, 0) is 81.4 Å². The van der Waals surface area contributed by atoms with Crippen LogP contribution < -0.4 is 0 Å². The number of carbonyl (C=O) groups is 3. The average molecular weight is 770 g/mol. The van der Waals surface area contributed by atoms with E-state index in [4.69, 9.17) is 19.0 Å². The van der Waals surface area contributed by atoms with Crippen LogP contribution in [0.25, 0.3) is 43.1 Å². The third kappa shape index (κ3) is 9.96. The Labute approximate surface area is 333 Å². The molecular formula is C48H51NO8. The summed E-state index contributed by atoms with van der Waals surface area (Å²) in [6.45, 7) is 5.71. The number of carbonyl (C=O) groups excluding carboxylic acids is 3. The van der Waals surface area contributed by atoms with Gasteiger partial charge in [0.15, 0.2) is 0 Å². The van der Waals surface area contributed by atoms with Crippen LogP contribution in [0.15, 0.2) is 114 Å². The van der Waals surface area contributed by atoms with Crippen LogP contribution in [0.3, 0.4) is 0 Å². The highest BCUT2D eigenvalue weighted by Crippen LogP contribution is 2.36. The molecule has 0 aromatic heterocycles. The second kappa shape index (κ2) is 19.4. The van der Waals surface area contributed by atoms with Gasteiger partial charge in [0.2, 0.25) is 0 Å². The van der Waals surface area contributed by atoms with Crippen LogP contribution in [0.1, 0.15) is 64.0 Å². The van der Waals surface area contributed by atoms with E-state index in [1.165, 1.54) is 0 Å². The van der Waals surface area contributed by atoms with Crippen molar-refractivity contribution in [3.8, 4) is 0 Å². The lowest BCUT2D eigenvalue weighted by Crippen LogP contribution is -2.35. The monoisotopic (exact) mass is 769 g/mol. The van der Waals surface area contributed by atoms with Gasteiger partial charge in [0.05, 0.1) is 36.7 Å². The number of nitrogens with zero attached hydrogens (tertiary/aromatic N) is 1. The van der Waals surface area contributed by atoms with E-state index < -0.39 is 35.2 Å². The summed E-state index contributed by atoms with van der Waals surface area (Å²) in [5.41, 5.74) is 0.850. The van der Waals surface area contributed by atoms with Gasteiger partial charge in [0, 0.05) is 30.6 Å². The van der Waals surface area contributed by atoms with Crippen molar-refractivity contribution in [3.63, 3.8) is 0 Å². The van der Waals surface area contributed by atoms with E-state index in [-0.39, 0.29) is 52.3 Å². The second-order valence-electron chi connectivity index (χ2n) is 14.9. The summed E-state index contributed by atoms with van der Waals surface area (Å²) in [4.78, 5) is 46.1. The molecule has 9 heteroatoms. The predicted molar refractivity (Wildman–Crippen MR) is 225 cm³/mol. The Kier molecular flexibility index (Phi) is 13.9. The van der Waals surface area contributed by atoms with Crippen molar-refractivity contribution in [2.45, 2.75) is 59.5 Å². The van der Waals surface area contributed by atoms with E-state index in [0.717, 1.165) is 54.2 Å². The highest BCUT2D eigenvalue weighted by atomic mass is 16.6. The summed E-state index contributed by atoms with van der Waals surface area (Å²) in [6, 6.07) is 36.6. The number of aliphatic hydroxyl groups excluding tert-OH is 1. The molecule has 0 bridgehead atoms. The molecule has 6 rings (SSSR count). The quantitative estimate of drug-likeness (QED) is 0.0216. The zero-order chi connectivity index (χ0) is 40.2. The normalized spacial score (nSPS) is 13.8. The first-order valence-electron chi connectivity index (χ1n) is 19.8. The molecule has 9 nitrogen and oxygen atoms in total. The van der Waals surface area contributed by atoms with Crippen LogP contribution in [0.5, 0.6) is 0 Å². The molecule has 0 saturated heterocycles. The van der Waals surface area contributed by atoms with Crippen LogP contribution in [0, 0.1) is 17.3 Å². The molecule has 1 N–H and O–H groups in total. The van der Waals surface area contributed by atoms with Crippen molar-refractivity contribution >= 4 is 67.2 Å². The Hall–Kier alpha value is -5.80. The molecule has 3 atom stereocenters. The number of ether oxygens (including phenoxy) is 3. The molecule has 0 spiro atoms. The van der Waals surface area contributed by atoms with Crippen LogP contribution in [0.2, 0.25) is 0 Å². The van der Waals surface area contributed by atoms with E-state index in [9.17, 15) is 19.5 Å². The summed E-state index contributed by atoms with van der Waals surface area (Å²) in [6.07, 6.45) is 3.07. The number of oxime groups is 1. The predicted octanol–water partition coefficient (Wildman–Crippen LogP) is 9.70. The van der Waals surface area contributed by atoms with Crippen LogP contribution >= 0.6 is 0 Å². The topological polar surface area (TPSA) is 121 Å². The molecular weight excluding hydrogens is 719 g/mol. The maximum Gasteiger partial charge on any atom is 0.312 e. The molecule has 57 heavy (non-hydrogen) atoms. The lowest BCUT2D eigenvalue weighted by molar-refractivity contribution is -0.161. The van der Waals surface area contributed by atoms with Gasteiger partial charge in [-0.25, -0.2) is 0 Å². The molecule has 296 valence electrons. The first kappa shape index (κ1) is 40.9. The number of fused-ring (bicyclic) bond motifs is 4. The highest BCUT2D eigenvalue weighted by molar-refractivity contribution is 6.13. The minimum Gasteiger partial charge on any atom is -0.465 e. The van der Waals surface area contributed by atoms with Crippen molar-refractivity contribution in [2.24, 2.45) is 22.4 Å². The van der Waals surface area contributed by atoms with Gasteiger partial charge in [-0.15, -0.1) is 0 Å². The maximum atomic E-state index is 13.9. The number of hydrogen-bond acceptors (Lipinski definition) is 9. The number of hydrogen-bond donors (Lipinski definition) is 1. The van der Waals surface area contributed by atoms with E-state index >= 15 is 0 Å². The summed E-state index contributed by atoms with van der Waals surface area (Å²) in [7, 11) is 0. The molecule has 6 aromatic carbocycles. The van der Waals surface area contributed by atoms with Crippen molar-refractivity contribution in [3.05, 3.63) is 120 Å². The Balaban J connectivity index is 1.05. The zero-order valence-corrected chi connectivity index (χ0v) is 32.9. The standard InChI is InChI=1S/C48H51NO8/c1-4-48(3,47(53)56-32-44-41-21-11-7-17-36(41)29-37-18-8-12-22-42(37)44)30-38(46(52)55-24-13-23-50)27-33(2)45(51)54-25-14-26-57-49-31-43-39-19-9-5-15-34(39)28-35-16-6-10-20-40(35)43/h5-12,15-22,28-29,31,33,38,50H,4,13-14,23-27,30,32H2,1-3H3. The highest BCUT2D eigenvalue weighted by Gasteiger charge is 2.40. The number of benzene rings is 6. The van der Waals surface area contributed by atoms with Gasteiger partial charge in [-0.2, -0.15) is 0 Å². The summed E-state index contributed by atoms with van der Waals surface area (Å²) < 4.78 is 17.1. The molecule has 0 fully saturated rings. The summed E-state index contributed by atoms with van der Waals surface area (Å²) in [5, 5.41) is 22.0.